The van der Waals surface area contributed by atoms with E-state index >= 15 is 0 Å². The number of hydrogen-bond acceptors (Lipinski definition) is 5. The molecule has 4 rings (SSSR count). The van der Waals surface area contributed by atoms with Gasteiger partial charge in [-0.15, -0.1) is 0 Å². The van der Waals surface area contributed by atoms with E-state index in [2.05, 4.69) is 39.3 Å². The van der Waals surface area contributed by atoms with Crippen molar-refractivity contribution in [1.82, 2.24) is 9.47 Å². The van der Waals surface area contributed by atoms with Crippen LogP contribution in [0.3, 0.4) is 0 Å². The van der Waals surface area contributed by atoms with Crippen molar-refractivity contribution in [2.45, 2.75) is 18.9 Å². The molecule has 7 heteroatoms. The second kappa shape index (κ2) is 7.90. The highest BCUT2D eigenvalue weighted by Crippen LogP contribution is 2.28. The number of benzene rings is 1. The number of carbonyl (C=O) groups is 2. The van der Waals surface area contributed by atoms with Crippen molar-refractivity contribution >= 4 is 23.2 Å². The monoisotopic (exact) mass is 380 g/mol. The second-order valence-electron chi connectivity index (χ2n) is 7.10. The fourth-order valence-electron chi connectivity index (χ4n) is 3.83. The van der Waals surface area contributed by atoms with E-state index in [1.807, 2.05) is 24.3 Å². The summed E-state index contributed by atoms with van der Waals surface area (Å²) >= 11 is 0. The van der Waals surface area contributed by atoms with Crippen molar-refractivity contribution in [2.24, 2.45) is 0 Å². The number of amides is 2. The molecular formula is C21H24N4O3. The molecule has 0 spiro atoms. The number of piperidine rings is 1. The van der Waals surface area contributed by atoms with Gasteiger partial charge < -0.3 is 19.9 Å². The molecule has 2 aromatic rings. The van der Waals surface area contributed by atoms with E-state index in [0.29, 0.717) is 6.04 Å². The second-order valence-corrected chi connectivity index (χ2v) is 7.10. The summed E-state index contributed by atoms with van der Waals surface area (Å²) in [5, 5.41) is 12.0. The van der Waals surface area contributed by atoms with Crippen LogP contribution in [0.2, 0.25) is 0 Å². The van der Waals surface area contributed by atoms with Gasteiger partial charge >= 0.3 is 0 Å². The van der Waals surface area contributed by atoms with E-state index in [1.165, 1.54) is 6.08 Å². The van der Waals surface area contributed by atoms with E-state index in [4.69, 9.17) is 5.11 Å². The molecule has 2 aliphatic rings. The first-order valence-electron chi connectivity index (χ1n) is 9.58. The van der Waals surface area contributed by atoms with Gasteiger partial charge in [-0.3, -0.25) is 14.5 Å². The van der Waals surface area contributed by atoms with Gasteiger partial charge in [0.15, 0.2) is 0 Å². The molecular weight excluding hydrogens is 356 g/mol. The Hall–Kier alpha value is -3.06. The van der Waals surface area contributed by atoms with E-state index in [0.717, 1.165) is 42.2 Å². The lowest BCUT2D eigenvalue weighted by molar-refractivity contribution is -0.137. The normalized spacial score (nSPS) is 18.0. The standard InChI is InChI=1S/C21H24N4O3/c26-14-13-25-20(27)15-19(21(25)28)22-16-3-5-17(6-4-16)24-11-7-18(8-12-24)23-9-1-2-10-23/h1-6,9-10,15,18,22,26H,7-8,11-14H2. The predicted octanol–water partition coefficient (Wildman–Crippen LogP) is 1.99. The van der Waals surface area contributed by atoms with Crippen molar-refractivity contribution in [1.29, 1.82) is 0 Å². The Kier molecular flexibility index (Phi) is 5.16. The number of carbonyl (C=O) groups excluding carboxylic acids is 2. The maximum absolute atomic E-state index is 12.2. The molecule has 2 N–H and O–H groups in total. The van der Waals surface area contributed by atoms with E-state index < -0.39 is 11.8 Å². The summed E-state index contributed by atoms with van der Waals surface area (Å²) in [4.78, 5) is 27.4. The minimum absolute atomic E-state index is 0.0112. The molecule has 28 heavy (non-hydrogen) atoms. The molecule has 0 unspecified atom stereocenters. The van der Waals surface area contributed by atoms with Gasteiger partial charge in [0, 0.05) is 49.0 Å². The Morgan fingerprint density at radius 3 is 2.36 bits per heavy atom. The first kappa shape index (κ1) is 18.3. The number of anilines is 2. The van der Waals surface area contributed by atoms with Crippen LogP contribution in [0.1, 0.15) is 18.9 Å². The van der Waals surface area contributed by atoms with Gasteiger partial charge in [0.05, 0.1) is 13.2 Å². The quantitative estimate of drug-likeness (QED) is 0.750. The van der Waals surface area contributed by atoms with Crippen molar-refractivity contribution in [3.8, 4) is 0 Å². The molecule has 2 aliphatic heterocycles. The highest BCUT2D eigenvalue weighted by Gasteiger charge is 2.30. The topological polar surface area (TPSA) is 77.8 Å². The maximum atomic E-state index is 12.2. The molecule has 2 amide bonds. The average Bonchev–Trinajstić information content (AvgIpc) is 3.34. The molecule has 1 saturated heterocycles. The number of aromatic nitrogens is 1. The number of rotatable bonds is 6. The number of hydrogen-bond donors (Lipinski definition) is 2. The first-order chi connectivity index (χ1) is 13.7. The molecule has 0 aliphatic carbocycles. The van der Waals surface area contributed by atoms with Gasteiger partial charge in [0.2, 0.25) is 0 Å². The van der Waals surface area contributed by atoms with Gasteiger partial charge in [-0.2, -0.15) is 0 Å². The van der Waals surface area contributed by atoms with Gasteiger partial charge in [0.25, 0.3) is 11.8 Å². The van der Waals surface area contributed by atoms with Crippen LogP contribution in [0.4, 0.5) is 11.4 Å². The van der Waals surface area contributed by atoms with Crippen LogP contribution in [0, 0.1) is 0 Å². The molecule has 0 bridgehead atoms. The molecule has 7 nitrogen and oxygen atoms in total. The Bertz CT molecular complexity index is 866. The smallest absolute Gasteiger partial charge is 0.277 e. The molecule has 146 valence electrons. The van der Waals surface area contributed by atoms with Crippen LogP contribution >= 0.6 is 0 Å². The van der Waals surface area contributed by atoms with Crippen molar-refractivity contribution in [3.63, 3.8) is 0 Å². The SMILES string of the molecule is O=C1C=C(Nc2ccc(N3CCC(n4cccc4)CC3)cc2)C(=O)N1CCO. The Labute approximate surface area is 163 Å². The Morgan fingerprint density at radius 1 is 1.04 bits per heavy atom. The molecule has 1 aromatic heterocycles. The van der Waals surface area contributed by atoms with Crippen molar-refractivity contribution in [3.05, 3.63) is 60.6 Å². The van der Waals surface area contributed by atoms with Crippen molar-refractivity contribution in [2.75, 3.05) is 36.5 Å². The molecule has 1 aromatic carbocycles. The largest absolute Gasteiger partial charge is 0.395 e. The predicted molar refractivity (Wildman–Crippen MR) is 107 cm³/mol. The van der Waals surface area contributed by atoms with Gasteiger partial charge in [-0.25, -0.2) is 0 Å². The molecule has 3 heterocycles. The number of nitrogens with one attached hydrogen (secondary N) is 1. The summed E-state index contributed by atoms with van der Waals surface area (Å²) in [5.74, 6) is -0.807. The average molecular weight is 380 g/mol. The Balaban J connectivity index is 1.35. The van der Waals surface area contributed by atoms with Crippen LogP contribution < -0.4 is 10.2 Å². The Morgan fingerprint density at radius 2 is 1.71 bits per heavy atom. The molecule has 1 fully saturated rings. The highest BCUT2D eigenvalue weighted by atomic mass is 16.3. The summed E-state index contributed by atoms with van der Waals surface area (Å²) in [5.41, 5.74) is 2.14. The lowest BCUT2D eigenvalue weighted by Gasteiger charge is -2.34. The summed E-state index contributed by atoms with van der Waals surface area (Å²) in [6.45, 7) is 1.78. The maximum Gasteiger partial charge on any atom is 0.277 e. The molecule has 0 saturated carbocycles. The molecule has 0 radical (unpaired) electrons. The highest BCUT2D eigenvalue weighted by molar-refractivity contribution is 6.17. The van der Waals surface area contributed by atoms with Crippen LogP contribution in [0.25, 0.3) is 0 Å². The van der Waals surface area contributed by atoms with Crippen LogP contribution in [-0.2, 0) is 9.59 Å². The van der Waals surface area contributed by atoms with Crippen LogP contribution in [0.5, 0.6) is 0 Å². The van der Waals surface area contributed by atoms with Gasteiger partial charge in [-0.1, -0.05) is 0 Å². The minimum Gasteiger partial charge on any atom is -0.395 e. The van der Waals surface area contributed by atoms with Gasteiger partial charge in [-0.05, 0) is 49.2 Å². The minimum atomic E-state index is -0.407. The molecule has 0 atom stereocenters. The number of aliphatic hydroxyl groups excluding tert-OH is 1. The van der Waals surface area contributed by atoms with E-state index in [9.17, 15) is 9.59 Å². The fourth-order valence-corrected chi connectivity index (χ4v) is 3.83. The van der Waals surface area contributed by atoms with E-state index in [1.54, 1.807) is 0 Å². The number of nitrogens with zero attached hydrogens (tertiary/aromatic N) is 3. The number of imide groups is 1. The first-order valence-corrected chi connectivity index (χ1v) is 9.58. The number of β-amino-alcohol motifs (C(OH)–C–C–N with tert-alkyl or cyclic N) is 1. The van der Waals surface area contributed by atoms with E-state index in [-0.39, 0.29) is 18.8 Å². The summed E-state index contributed by atoms with van der Waals surface area (Å²) in [6, 6.07) is 12.6. The summed E-state index contributed by atoms with van der Waals surface area (Å²) < 4.78 is 2.29. The third-order valence-corrected chi connectivity index (χ3v) is 5.36. The lowest BCUT2D eigenvalue weighted by atomic mass is 10.0. The third-order valence-electron chi connectivity index (χ3n) is 5.36. The zero-order valence-corrected chi connectivity index (χ0v) is 15.6. The van der Waals surface area contributed by atoms with Crippen LogP contribution in [-0.4, -0.2) is 52.6 Å². The van der Waals surface area contributed by atoms with Crippen molar-refractivity contribution < 1.29 is 14.7 Å². The summed E-state index contributed by atoms with van der Waals surface area (Å²) in [7, 11) is 0. The zero-order valence-electron chi connectivity index (χ0n) is 15.6. The lowest BCUT2D eigenvalue weighted by Crippen LogP contribution is -2.34. The zero-order chi connectivity index (χ0) is 19.5. The van der Waals surface area contributed by atoms with Gasteiger partial charge in [0.1, 0.15) is 5.70 Å². The fraction of sp³-hybridized carbons (Fsp3) is 0.333. The number of aliphatic hydroxyl groups is 1. The van der Waals surface area contributed by atoms with Crippen LogP contribution in [0.15, 0.2) is 60.6 Å². The summed E-state index contributed by atoms with van der Waals surface area (Å²) in [6.07, 6.45) is 7.76. The third kappa shape index (κ3) is 3.66.